The maximum absolute atomic E-state index is 6.05. The Labute approximate surface area is 151 Å². The monoisotopic (exact) mass is 351 g/mol. The highest BCUT2D eigenvalue weighted by Crippen LogP contribution is 2.26. The average Bonchev–Trinajstić information content (AvgIpc) is 3.45. The number of hydrogen-bond acceptors (Lipinski definition) is 5. The summed E-state index contributed by atoms with van der Waals surface area (Å²) in [5.74, 6) is 1.40. The molecule has 0 bridgehead atoms. The fourth-order valence-electron chi connectivity index (χ4n) is 2.50. The Morgan fingerprint density at radius 1 is 1.00 bits per heavy atom. The van der Waals surface area contributed by atoms with Gasteiger partial charge in [-0.3, -0.25) is 4.98 Å². The number of rotatable bonds is 6. The van der Waals surface area contributed by atoms with Crippen LogP contribution < -0.4 is 10.6 Å². The van der Waals surface area contributed by atoms with Gasteiger partial charge in [0.15, 0.2) is 0 Å². The van der Waals surface area contributed by atoms with E-state index in [1.54, 1.807) is 6.20 Å². The first-order valence-electron chi connectivity index (χ1n) is 8.31. The predicted molar refractivity (Wildman–Crippen MR) is 101 cm³/mol. The van der Waals surface area contributed by atoms with E-state index in [1.165, 1.54) is 12.8 Å². The molecule has 6 heteroatoms. The fraction of sp³-hybridized carbons (Fsp3) is 0.211. The molecule has 1 aliphatic carbocycles. The molecule has 0 aliphatic heterocycles. The SMILES string of the molecule is Clc1cccc(CNc2cc(-c3ccccn3)nc(NC3CC3)n2)c1. The summed E-state index contributed by atoms with van der Waals surface area (Å²) in [6, 6.07) is 16.0. The van der Waals surface area contributed by atoms with Crippen LogP contribution in [0.2, 0.25) is 5.02 Å². The zero-order valence-corrected chi connectivity index (χ0v) is 14.4. The minimum absolute atomic E-state index is 0.486. The molecule has 0 radical (unpaired) electrons. The third-order valence-electron chi connectivity index (χ3n) is 3.93. The molecular formula is C19H18ClN5. The van der Waals surface area contributed by atoms with Crippen LogP contribution in [-0.4, -0.2) is 21.0 Å². The lowest BCUT2D eigenvalue weighted by molar-refractivity contribution is 1.03. The summed E-state index contributed by atoms with van der Waals surface area (Å²) in [7, 11) is 0. The fourth-order valence-corrected chi connectivity index (χ4v) is 2.71. The van der Waals surface area contributed by atoms with Gasteiger partial charge in [0.2, 0.25) is 5.95 Å². The zero-order chi connectivity index (χ0) is 17.1. The molecule has 4 rings (SSSR count). The van der Waals surface area contributed by atoms with Crippen LogP contribution in [0.3, 0.4) is 0 Å². The van der Waals surface area contributed by atoms with E-state index in [0.29, 0.717) is 18.5 Å². The molecule has 2 N–H and O–H groups in total. The molecule has 126 valence electrons. The van der Waals surface area contributed by atoms with Gasteiger partial charge in [-0.05, 0) is 42.7 Å². The van der Waals surface area contributed by atoms with E-state index in [9.17, 15) is 0 Å². The summed E-state index contributed by atoms with van der Waals surface area (Å²) in [4.78, 5) is 13.6. The van der Waals surface area contributed by atoms with E-state index in [-0.39, 0.29) is 0 Å². The molecular weight excluding hydrogens is 334 g/mol. The molecule has 0 saturated heterocycles. The number of pyridine rings is 1. The molecule has 1 saturated carbocycles. The Morgan fingerprint density at radius 3 is 2.68 bits per heavy atom. The van der Waals surface area contributed by atoms with Crippen LogP contribution in [0.15, 0.2) is 54.7 Å². The van der Waals surface area contributed by atoms with Gasteiger partial charge in [0.25, 0.3) is 0 Å². The van der Waals surface area contributed by atoms with Gasteiger partial charge in [0, 0.05) is 29.9 Å². The average molecular weight is 352 g/mol. The maximum Gasteiger partial charge on any atom is 0.225 e. The van der Waals surface area contributed by atoms with Crippen molar-refractivity contribution in [1.29, 1.82) is 0 Å². The van der Waals surface area contributed by atoms with Gasteiger partial charge < -0.3 is 10.6 Å². The number of anilines is 2. The van der Waals surface area contributed by atoms with Crippen molar-refractivity contribution >= 4 is 23.4 Å². The largest absolute Gasteiger partial charge is 0.366 e. The minimum atomic E-state index is 0.486. The second kappa shape index (κ2) is 7.07. The summed E-state index contributed by atoms with van der Waals surface area (Å²) >= 11 is 6.05. The smallest absolute Gasteiger partial charge is 0.225 e. The van der Waals surface area contributed by atoms with Gasteiger partial charge >= 0.3 is 0 Å². The van der Waals surface area contributed by atoms with Gasteiger partial charge in [-0.15, -0.1) is 0 Å². The van der Waals surface area contributed by atoms with Crippen molar-refractivity contribution in [2.24, 2.45) is 0 Å². The number of hydrogen-bond donors (Lipinski definition) is 2. The van der Waals surface area contributed by atoms with E-state index < -0.39 is 0 Å². The molecule has 1 aromatic carbocycles. The minimum Gasteiger partial charge on any atom is -0.366 e. The zero-order valence-electron chi connectivity index (χ0n) is 13.6. The van der Waals surface area contributed by atoms with Crippen LogP contribution in [0.25, 0.3) is 11.4 Å². The first-order valence-corrected chi connectivity index (χ1v) is 8.69. The van der Waals surface area contributed by atoms with Crippen molar-refractivity contribution in [3.8, 4) is 11.4 Å². The number of aromatic nitrogens is 3. The first kappa shape index (κ1) is 15.8. The van der Waals surface area contributed by atoms with Crippen molar-refractivity contribution in [1.82, 2.24) is 15.0 Å². The number of halogens is 1. The van der Waals surface area contributed by atoms with Gasteiger partial charge in [-0.25, -0.2) is 4.98 Å². The third kappa shape index (κ3) is 4.25. The molecule has 2 aromatic heterocycles. The van der Waals surface area contributed by atoms with E-state index in [2.05, 4.69) is 25.6 Å². The molecule has 0 atom stereocenters. The Bertz CT molecular complexity index is 865. The lowest BCUT2D eigenvalue weighted by atomic mass is 10.2. The lowest BCUT2D eigenvalue weighted by Gasteiger charge is -2.11. The van der Waals surface area contributed by atoms with Crippen molar-refractivity contribution in [2.45, 2.75) is 25.4 Å². The van der Waals surface area contributed by atoms with E-state index in [1.807, 2.05) is 48.5 Å². The molecule has 1 aliphatic rings. The van der Waals surface area contributed by atoms with Crippen LogP contribution >= 0.6 is 11.6 Å². The summed E-state index contributed by atoms with van der Waals surface area (Å²) < 4.78 is 0. The van der Waals surface area contributed by atoms with Crippen molar-refractivity contribution in [2.75, 3.05) is 10.6 Å². The van der Waals surface area contributed by atoms with Crippen molar-refractivity contribution in [3.63, 3.8) is 0 Å². The Kier molecular flexibility index (Phi) is 4.48. The highest BCUT2D eigenvalue weighted by atomic mass is 35.5. The number of nitrogens with zero attached hydrogens (tertiary/aromatic N) is 3. The Hall–Kier alpha value is -2.66. The highest BCUT2D eigenvalue weighted by Gasteiger charge is 2.22. The molecule has 2 heterocycles. The van der Waals surface area contributed by atoms with Crippen molar-refractivity contribution in [3.05, 3.63) is 65.3 Å². The van der Waals surface area contributed by atoms with Crippen LogP contribution in [0.5, 0.6) is 0 Å². The molecule has 3 aromatic rings. The highest BCUT2D eigenvalue weighted by molar-refractivity contribution is 6.30. The second-order valence-corrected chi connectivity index (χ2v) is 6.52. The second-order valence-electron chi connectivity index (χ2n) is 6.08. The van der Waals surface area contributed by atoms with Gasteiger partial charge in [0.05, 0.1) is 11.4 Å². The molecule has 5 nitrogen and oxygen atoms in total. The molecule has 0 spiro atoms. The van der Waals surface area contributed by atoms with Crippen LogP contribution in [0.1, 0.15) is 18.4 Å². The van der Waals surface area contributed by atoms with E-state index in [4.69, 9.17) is 11.6 Å². The van der Waals surface area contributed by atoms with Crippen LogP contribution in [0, 0.1) is 0 Å². The molecule has 25 heavy (non-hydrogen) atoms. The molecule has 0 amide bonds. The maximum atomic E-state index is 6.05. The normalized spacial score (nSPS) is 13.5. The van der Waals surface area contributed by atoms with E-state index in [0.717, 1.165) is 27.8 Å². The van der Waals surface area contributed by atoms with Gasteiger partial charge in [-0.2, -0.15) is 4.98 Å². The van der Waals surface area contributed by atoms with E-state index >= 15 is 0 Å². The standard InChI is InChI=1S/C19H18ClN5/c20-14-5-3-4-13(10-14)12-22-18-11-17(16-6-1-2-9-21-16)24-19(25-18)23-15-7-8-15/h1-6,9-11,15H,7-8,12H2,(H2,22,23,24,25). The van der Waals surface area contributed by atoms with Gasteiger partial charge in [0.1, 0.15) is 5.82 Å². The summed E-state index contributed by atoms with van der Waals surface area (Å²) in [5, 5.41) is 7.45. The third-order valence-corrected chi connectivity index (χ3v) is 4.16. The number of benzene rings is 1. The summed E-state index contributed by atoms with van der Waals surface area (Å²) in [6.45, 7) is 0.641. The summed E-state index contributed by atoms with van der Waals surface area (Å²) in [6.07, 6.45) is 4.11. The quantitative estimate of drug-likeness (QED) is 0.690. The van der Waals surface area contributed by atoms with Gasteiger partial charge in [-0.1, -0.05) is 29.8 Å². The summed E-state index contributed by atoms with van der Waals surface area (Å²) in [5.41, 5.74) is 2.73. The topological polar surface area (TPSA) is 62.7 Å². The van der Waals surface area contributed by atoms with Crippen LogP contribution in [-0.2, 0) is 6.54 Å². The van der Waals surface area contributed by atoms with Crippen molar-refractivity contribution < 1.29 is 0 Å². The number of nitrogens with one attached hydrogen (secondary N) is 2. The van der Waals surface area contributed by atoms with Crippen LogP contribution in [0.4, 0.5) is 11.8 Å². The Morgan fingerprint density at radius 2 is 1.92 bits per heavy atom. The lowest BCUT2D eigenvalue weighted by Crippen LogP contribution is -2.09. The molecule has 0 unspecified atom stereocenters. The molecule has 1 fully saturated rings. The first-order chi connectivity index (χ1) is 12.3. The predicted octanol–water partition coefficient (Wildman–Crippen LogP) is 4.38. The Balaban J connectivity index is 1.59.